The number of halogens is 1. The van der Waals surface area contributed by atoms with Gasteiger partial charge in [-0.05, 0) is 37.1 Å². The van der Waals surface area contributed by atoms with E-state index in [4.69, 9.17) is 15.4 Å². The van der Waals surface area contributed by atoms with Crippen LogP contribution >= 0.6 is 10.7 Å². The maximum atomic E-state index is 11.4. The van der Waals surface area contributed by atoms with Gasteiger partial charge in [0, 0.05) is 10.7 Å². The fourth-order valence-corrected chi connectivity index (χ4v) is 2.84. The highest BCUT2D eigenvalue weighted by Crippen LogP contribution is 2.29. The number of ether oxygens (including phenoxy) is 1. The number of hydrogen-bond acceptors (Lipinski definition) is 6. The van der Waals surface area contributed by atoms with Crippen molar-refractivity contribution >= 4 is 19.7 Å². The lowest BCUT2D eigenvalue weighted by Gasteiger charge is -2.11. The first-order chi connectivity index (χ1) is 8.89. The van der Waals surface area contributed by atoms with Gasteiger partial charge in [0.15, 0.2) is 6.61 Å². The van der Waals surface area contributed by atoms with E-state index < -0.39 is 9.05 Å². The standard InChI is InChI=1S/C11H11ClN2O4S/c1-7-8(2)10(19(12,15)16)4-3-9(7)17-5-11-13-6-18-14-11/h3-4,6H,5H2,1-2H3. The molecule has 1 aromatic carbocycles. The molecule has 19 heavy (non-hydrogen) atoms. The van der Waals surface area contributed by atoms with Gasteiger partial charge < -0.3 is 9.26 Å². The molecular weight excluding hydrogens is 292 g/mol. The second-order valence-electron chi connectivity index (χ2n) is 3.89. The first-order valence-electron chi connectivity index (χ1n) is 5.32. The fourth-order valence-electron chi connectivity index (χ4n) is 1.59. The lowest BCUT2D eigenvalue weighted by atomic mass is 10.1. The van der Waals surface area contributed by atoms with E-state index in [-0.39, 0.29) is 11.5 Å². The summed E-state index contributed by atoms with van der Waals surface area (Å²) in [4.78, 5) is 3.90. The normalized spacial score (nSPS) is 11.5. The Morgan fingerprint density at radius 3 is 2.63 bits per heavy atom. The van der Waals surface area contributed by atoms with Crippen molar-refractivity contribution in [2.45, 2.75) is 25.3 Å². The highest BCUT2D eigenvalue weighted by Gasteiger charge is 2.17. The van der Waals surface area contributed by atoms with Gasteiger partial charge in [0.05, 0.1) is 4.90 Å². The molecule has 0 aliphatic heterocycles. The molecule has 6 nitrogen and oxygen atoms in total. The van der Waals surface area contributed by atoms with Crippen LogP contribution in [0.5, 0.6) is 5.75 Å². The van der Waals surface area contributed by atoms with E-state index in [1.807, 2.05) is 0 Å². The molecular formula is C11H11ClN2O4S. The topological polar surface area (TPSA) is 82.3 Å². The Kier molecular flexibility index (Phi) is 3.77. The number of aromatic nitrogens is 2. The molecule has 2 rings (SSSR count). The zero-order valence-electron chi connectivity index (χ0n) is 10.3. The Morgan fingerprint density at radius 2 is 2.05 bits per heavy atom. The van der Waals surface area contributed by atoms with Gasteiger partial charge in [-0.1, -0.05) is 5.16 Å². The molecule has 0 saturated heterocycles. The molecule has 8 heteroatoms. The van der Waals surface area contributed by atoms with Crippen molar-refractivity contribution in [1.29, 1.82) is 0 Å². The number of benzene rings is 1. The Balaban J connectivity index is 2.26. The highest BCUT2D eigenvalue weighted by atomic mass is 35.7. The number of hydrogen-bond donors (Lipinski definition) is 0. The molecule has 0 saturated carbocycles. The van der Waals surface area contributed by atoms with Crippen LogP contribution in [0.1, 0.15) is 17.0 Å². The molecule has 0 N–H and O–H groups in total. The van der Waals surface area contributed by atoms with Crippen LogP contribution in [-0.4, -0.2) is 18.6 Å². The maximum absolute atomic E-state index is 11.4. The van der Waals surface area contributed by atoms with Gasteiger partial charge in [-0.25, -0.2) is 8.42 Å². The Hall–Kier alpha value is -1.60. The molecule has 0 aliphatic carbocycles. The summed E-state index contributed by atoms with van der Waals surface area (Å²) >= 11 is 0. The molecule has 2 aromatic rings. The molecule has 102 valence electrons. The van der Waals surface area contributed by atoms with E-state index >= 15 is 0 Å². The SMILES string of the molecule is Cc1c(OCc2ncon2)ccc(S(=O)(=O)Cl)c1C. The molecule has 0 aliphatic rings. The van der Waals surface area contributed by atoms with Crippen LogP contribution in [0.15, 0.2) is 27.9 Å². The number of rotatable bonds is 4. The molecule has 1 aromatic heterocycles. The van der Waals surface area contributed by atoms with E-state index in [2.05, 4.69) is 14.7 Å². The first-order valence-corrected chi connectivity index (χ1v) is 7.63. The Labute approximate surface area is 114 Å². The quantitative estimate of drug-likeness (QED) is 0.805. The third-order valence-electron chi connectivity index (χ3n) is 2.71. The average Bonchev–Trinajstić information content (AvgIpc) is 2.82. The third kappa shape index (κ3) is 3.05. The van der Waals surface area contributed by atoms with Crippen LogP contribution in [0.3, 0.4) is 0 Å². The van der Waals surface area contributed by atoms with E-state index in [0.717, 1.165) is 0 Å². The van der Waals surface area contributed by atoms with Crippen molar-refractivity contribution in [1.82, 2.24) is 10.1 Å². The minimum atomic E-state index is -3.75. The monoisotopic (exact) mass is 302 g/mol. The molecule has 0 spiro atoms. The summed E-state index contributed by atoms with van der Waals surface area (Å²) in [6.07, 6.45) is 1.21. The zero-order valence-corrected chi connectivity index (χ0v) is 11.8. The van der Waals surface area contributed by atoms with Crippen molar-refractivity contribution in [3.05, 3.63) is 35.5 Å². The first kappa shape index (κ1) is 13.8. The molecule has 0 bridgehead atoms. The lowest BCUT2D eigenvalue weighted by molar-refractivity contribution is 0.284. The summed E-state index contributed by atoms with van der Waals surface area (Å²) in [6, 6.07) is 2.97. The molecule has 0 radical (unpaired) electrons. The van der Waals surface area contributed by atoms with E-state index in [0.29, 0.717) is 22.7 Å². The van der Waals surface area contributed by atoms with Crippen LogP contribution < -0.4 is 4.74 Å². The fraction of sp³-hybridized carbons (Fsp3) is 0.273. The summed E-state index contributed by atoms with van der Waals surface area (Å²) < 4.78 is 32.8. The summed E-state index contributed by atoms with van der Waals surface area (Å²) in [6.45, 7) is 3.57. The van der Waals surface area contributed by atoms with Gasteiger partial charge in [-0.3, -0.25) is 0 Å². The predicted octanol–water partition coefficient (Wildman–Crippen LogP) is 2.19. The van der Waals surface area contributed by atoms with E-state index in [1.165, 1.54) is 12.5 Å². The average molecular weight is 303 g/mol. The van der Waals surface area contributed by atoms with Crippen molar-refractivity contribution in [3.8, 4) is 5.75 Å². The Morgan fingerprint density at radius 1 is 1.32 bits per heavy atom. The maximum Gasteiger partial charge on any atom is 0.261 e. The summed E-state index contributed by atoms with van der Waals surface area (Å²) in [5, 5.41) is 3.61. The second kappa shape index (κ2) is 5.18. The van der Waals surface area contributed by atoms with Crippen LogP contribution in [0.25, 0.3) is 0 Å². The number of nitrogens with zero attached hydrogens (tertiary/aromatic N) is 2. The molecule has 0 amide bonds. The largest absolute Gasteiger partial charge is 0.485 e. The minimum Gasteiger partial charge on any atom is -0.485 e. The molecule has 1 heterocycles. The Bertz CT molecular complexity index is 683. The van der Waals surface area contributed by atoms with Gasteiger partial charge in [0.1, 0.15) is 5.75 Å². The molecule has 0 unspecified atom stereocenters. The van der Waals surface area contributed by atoms with Crippen LogP contribution in [0, 0.1) is 13.8 Å². The van der Waals surface area contributed by atoms with Crippen LogP contribution in [0.2, 0.25) is 0 Å². The summed E-state index contributed by atoms with van der Waals surface area (Å²) in [5.74, 6) is 0.956. The minimum absolute atomic E-state index is 0.0820. The van der Waals surface area contributed by atoms with Crippen molar-refractivity contribution in [2.24, 2.45) is 0 Å². The van der Waals surface area contributed by atoms with Gasteiger partial charge in [-0.2, -0.15) is 4.98 Å². The van der Waals surface area contributed by atoms with Crippen molar-refractivity contribution in [2.75, 3.05) is 0 Å². The van der Waals surface area contributed by atoms with E-state index in [1.54, 1.807) is 19.9 Å². The summed E-state index contributed by atoms with van der Waals surface area (Å²) in [7, 11) is 1.59. The smallest absolute Gasteiger partial charge is 0.261 e. The van der Waals surface area contributed by atoms with Gasteiger partial charge in [0.25, 0.3) is 9.05 Å². The molecule has 0 atom stereocenters. The van der Waals surface area contributed by atoms with Gasteiger partial charge in [-0.15, -0.1) is 0 Å². The van der Waals surface area contributed by atoms with Crippen LogP contribution in [-0.2, 0) is 15.7 Å². The van der Waals surface area contributed by atoms with E-state index in [9.17, 15) is 8.42 Å². The second-order valence-corrected chi connectivity index (χ2v) is 6.42. The highest BCUT2D eigenvalue weighted by molar-refractivity contribution is 8.13. The van der Waals surface area contributed by atoms with Gasteiger partial charge in [0.2, 0.25) is 12.2 Å². The van der Waals surface area contributed by atoms with Crippen molar-refractivity contribution in [3.63, 3.8) is 0 Å². The van der Waals surface area contributed by atoms with Gasteiger partial charge >= 0.3 is 0 Å². The summed E-state index contributed by atoms with van der Waals surface area (Å²) in [5.41, 5.74) is 1.26. The zero-order chi connectivity index (χ0) is 14.0. The lowest BCUT2D eigenvalue weighted by Crippen LogP contribution is -2.02. The predicted molar refractivity (Wildman–Crippen MR) is 67.6 cm³/mol. The molecule has 0 fully saturated rings. The van der Waals surface area contributed by atoms with Crippen molar-refractivity contribution < 1.29 is 17.7 Å². The van der Waals surface area contributed by atoms with Crippen LogP contribution in [0.4, 0.5) is 0 Å². The third-order valence-corrected chi connectivity index (χ3v) is 4.18.